The lowest BCUT2D eigenvalue weighted by Gasteiger charge is -2.24. The first kappa shape index (κ1) is 22.8. The Bertz CT molecular complexity index is 1030. The Balaban J connectivity index is 1.54. The van der Waals surface area contributed by atoms with Gasteiger partial charge >= 0.3 is 6.09 Å². The van der Waals surface area contributed by atoms with Gasteiger partial charge in [-0.2, -0.15) is 0 Å². The maximum Gasteiger partial charge on any atom is 0.411 e. The third-order valence-electron chi connectivity index (χ3n) is 5.83. The average molecular weight is 450 g/mol. The standard InChI is InChI=1S/C26H31N3O4/c1-16(2)13-22(30)27-20-9-7-19(8-10-20)24-23(25(31)28-21-11-12-21)29(26(32)33-24)15-18-6-4-5-17(3)14-18/h4-10,14,16,21,23-24H,11-13,15H2,1-3H3,(H,27,30)(H,28,31). The maximum atomic E-state index is 13.2. The van der Waals surface area contributed by atoms with E-state index in [1.54, 1.807) is 24.3 Å². The van der Waals surface area contributed by atoms with Crippen molar-refractivity contribution in [3.05, 3.63) is 65.2 Å². The van der Waals surface area contributed by atoms with Gasteiger partial charge in [0, 0.05) is 18.2 Å². The SMILES string of the molecule is Cc1cccc(CN2C(=O)OC(c3ccc(NC(=O)CC(C)C)cc3)C2C(=O)NC2CC2)c1. The molecule has 2 fully saturated rings. The van der Waals surface area contributed by atoms with Gasteiger partial charge in [-0.25, -0.2) is 4.79 Å². The Labute approximate surface area is 194 Å². The van der Waals surface area contributed by atoms with Crippen LogP contribution in [0.15, 0.2) is 48.5 Å². The van der Waals surface area contributed by atoms with Crippen LogP contribution in [-0.2, 0) is 20.9 Å². The summed E-state index contributed by atoms with van der Waals surface area (Å²) in [6.45, 7) is 6.27. The van der Waals surface area contributed by atoms with Gasteiger partial charge in [-0.1, -0.05) is 55.8 Å². The van der Waals surface area contributed by atoms with Crippen molar-refractivity contribution in [2.75, 3.05) is 5.32 Å². The van der Waals surface area contributed by atoms with E-state index in [-0.39, 0.29) is 23.8 Å². The molecule has 1 saturated heterocycles. The second-order valence-corrected chi connectivity index (χ2v) is 9.42. The van der Waals surface area contributed by atoms with Crippen molar-refractivity contribution >= 4 is 23.6 Å². The van der Waals surface area contributed by atoms with E-state index < -0.39 is 18.2 Å². The normalized spacial score (nSPS) is 20.0. The summed E-state index contributed by atoms with van der Waals surface area (Å²) in [6.07, 6.45) is 1.13. The molecular weight excluding hydrogens is 418 g/mol. The molecule has 0 radical (unpaired) electrons. The highest BCUT2D eigenvalue weighted by Crippen LogP contribution is 2.35. The monoisotopic (exact) mass is 449 g/mol. The molecule has 1 heterocycles. The van der Waals surface area contributed by atoms with Crippen LogP contribution in [0.1, 0.15) is 55.9 Å². The van der Waals surface area contributed by atoms with E-state index >= 15 is 0 Å². The number of nitrogens with zero attached hydrogens (tertiary/aromatic N) is 1. The molecule has 2 aliphatic rings. The number of anilines is 1. The Morgan fingerprint density at radius 2 is 1.85 bits per heavy atom. The van der Waals surface area contributed by atoms with Crippen molar-refractivity contribution in [2.24, 2.45) is 5.92 Å². The predicted octanol–water partition coefficient (Wildman–Crippen LogP) is 4.32. The molecule has 2 aromatic rings. The first-order valence-electron chi connectivity index (χ1n) is 11.5. The Morgan fingerprint density at radius 1 is 1.12 bits per heavy atom. The Morgan fingerprint density at radius 3 is 2.48 bits per heavy atom. The lowest BCUT2D eigenvalue weighted by molar-refractivity contribution is -0.126. The second-order valence-electron chi connectivity index (χ2n) is 9.42. The van der Waals surface area contributed by atoms with Crippen molar-refractivity contribution in [3.63, 3.8) is 0 Å². The van der Waals surface area contributed by atoms with Crippen molar-refractivity contribution in [1.82, 2.24) is 10.2 Å². The molecule has 2 unspecified atom stereocenters. The number of aryl methyl sites for hydroxylation is 1. The molecule has 33 heavy (non-hydrogen) atoms. The van der Waals surface area contributed by atoms with Crippen LogP contribution in [0.5, 0.6) is 0 Å². The van der Waals surface area contributed by atoms with E-state index in [0.717, 1.165) is 24.0 Å². The molecule has 174 valence electrons. The number of hydrogen-bond donors (Lipinski definition) is 2. The van der Waals surface area contributed by atoms with E-state index in [4.69, 9.17) is 4.74 Å². The van der Waals surface area contributed by atoms with Crippen LogP contribution in [0.25, 0.3) is 0 Å². The van der Waals surface area contributed by atoms with Crippen molar-refractivity contribution in [3.8, 4) is 0 Å². The quantitative estimate of drug-likeness (QED) is 0.628. The fourth-order valence-corrected chi connectivity index (χ4v) is 4.07. The molecule has 0 bridgehead atoms. The van der Waals surface area contributed by atoms with Crippen LogP contribution in [0.3, 0.4) is 0 Å². The minimum atomic E-state index is -0.764. The van der Waals surface area contributed by atoms with Gasteiger partial charge in [0.05, 0.1) is 6.54 Å². The molecule has 3 amide bonds. The highest BCUT2D eigenvalue weighted by atomic mass is 16.6. The minimum absolute atomic E-state index is 0.0453. The molecule has 1 saturated carbocycles. The highest BCUT2D eigenvalue weighted by molar-refractivity contribution is 5.91. The summed E-state index contributed by atoms with van der Waals surface area (Å²) >= 11 is 0. The van der Waals surface area contributed by atoms with Gasteiger partial charge in [0.25, 0.3) is 0 Å². The van der Waals surface area contributed by atoms with Gasteiger partial charge in [0.15, 0.2) is 12.1 Å². The van der Waals surface area contributed by atoms with E-state index in [1.165, 1.54) is 4.90 Å². The molecule has 2 aromatic carbocycles. The second kappa shape index (κ2) is 9.65. The van der Waals surface area contributed by atoms with Crippen molar-refractivity contribution in [2.45, 2.75) is 64.8 Å². The fraction of sp³-hybridized carbons (Fsp3) is 0.423. The lowest BCUT2D eigenvalue weighted by Crippen LogP contribution is -2.46. The number of rotatable bonds is 8. The highest BCUT2D eigenvalue weighted by Gasteiger charge is 2.47. The largest absolute Gasteiger partial charge is 0.438 e. The van der Waals surface area contributed by atoms with Gasteiger partial charge < -0.3 is 15.4 Å². The van der Waals surface area contributed by atoms with E-state index in [1.807, 2.05) is 45.0 Å². The van der Waals surface area contributed by atoms with Gasteiger partial charge in [0.2, 0.25) is 11.8 Å². The predicted molar refractivity (Wildman–Crippen MR) is 125 cm³/mol. The van der Waals surface area contributed by atoms with E-state index in [2.05, 4.69) is 10.6 Å². The molecule has 1 aliphatic carbocycles. The number of ether oxygens (including phenoxy) is 1. The molecular formula is C26H31N3O4. The van der Waals surface area contributed by atoms with Gasteiger partial charge in [0.1, 0.15) is 0 Å². The molecule has 0 spiro atoms. The molecule has 2 atom stereocenters. The van der Waals surface area contributed by atoms with Gasteiger partial charge in [-0.15, -0.1) is 0 Å². The zero-order valence-electron chi connectivity index (χ0n) is 19.3. The summed E-state index contributed by atoms with van der Waals surface area (Å²) in [5, 5.41) is 5.91. The number of carbonyl (C=O) groups excluding carboxylic acids is 3. The molecule has 7 nitrogen and oxygen atoms in total. The van der Waals surface area contributed by atoms with E-state index in [0.29, 0.717) is 24.2 Å². The van der Waals surface area contributed by atoms with Crippen LogP contribution in [0.4, 0.5) is 10.5 Å². The maximum absolute atomic E-state index is 13.2. The number of carbonyl (C=O) groups is 3. The third kappa shape index (κ3) is 5.72. The first-order valence-corrected chi connectivity index (χ1v) is 11.5. The van der Waals surface area contributed by atoms with Gasteiger partial charge in [-0.3, -0.25) is 14.5 Å². The summed E-state index contributed by atoms with van der Waals surface area (Å²) in [4.78, 5) is 39.6. The number of amides is 3. The van der Waals surface area contributed by atoms with Crippen LogP contribution < -0.4 is 10.6 Å². The summed E-state index contributed by atoms with van der Waals surface area (Å²) in [7, 11) is 0. The average Bonchev–Trinajstić information content (AvgIpc) is 3.50. The fourth-order valence-electron chi connectivity index (χ4n) is 4.07. The summed E-state index contributed by atoms with van der Waals surface area (Å²) < 4.78 is 5.71. The lowest BCUT2D eigenvalue weighted by atomic mass is 10.00. The van der Waals surface area contributed by atoms with Crippen LogP contribution in [-0.4, -0.2) is 34.9 Å². The number of benzene rings is 2. The Kier molecular flexibility index (Phi) is 6.67. The van der Waals surface area contributed by atoms with Gasteiger partial charge in [-0.05, 0) is 48.9 Å². The van der Waals surface area contributed by atoms with Crippen LogP contribution in [0.2, 0.25) is 0 Å². The first-order chi connectivity index (χ1) is 15.8. The zero-order chi connectivity index (χ0) is 23.5. The summed E-state index contributed by atoms with van der Waals surface area (Å²) in [6, 6.07) is 14.5. The number of cyclic esters (lactones) is 1. The number of nitrogens with one attached hydrogen (secondary N) is 2. The summed E-state index contributed by atoms with van der Waals surface area (Å²) in [5.41, 5.74) is 3.42. The molecule has 4 rings (SSSR count). The van der Waals surface area contributed by atoms with Crippen LogP contribution in [0, 0.1) is 12.8 Å². The van der Waals surface area contributed by atoms with Crippen molar-refractivity contribution in [1.29, 1.82) is 0 Å². The van der Waals surface area contributed by atoms with E-state index in [9.17, 15) is 14.4 Å². The van der Waals surface area contributed by atoms with Crippen molar-refractivity contribution < 1.29 is 19.1 Å². The zero-order valence-corrected chi connectivity index (χ0v) is 19.3. The minimum Gasteiger partial charge on any atom is -0.438 e. The molecule has 0 aromatic heterocycles. The summed E-state index contributed by atoms with van der Waals surface area (Å²) in [5.74, 6) is 0.0266. The Hall–Kier alpha value is -3.35. The molecule has 7 heteroatoms. The smallest absolute Gasteiger partial charge is 0.411 e. The third-order valence-corrected chi connectivity index (χ3v) is 5.83. The topological polar surface area (TPSA) is 87.7 Å². The van der Waals surface area contributed by atoms with Crippen LogP contribution >= 0.6 is 0 Å². The molecule has 2 N–H and O–H groups in total. The molecule has 1 aliphatic heterocycles. The number of hydrogen-bond acceptors (Lipinski definition) is 4.